The Balaban J connectivity index is 1.35. The second-order valence-corrected chi connectivity index (χ2v) is 8.49. The van der Waals surface area contributed by atoms with Gasteiger partial charge in [-0.3, -0.25) is 9.59 Å². The molecule has 0 aliphatic heterocycles. The molecule has 0 radical (unpaired) electrons. The monoisotopic (exact) mass is 472 g/mol. The lowest BCUT2D eigenvalue weighted by atomic mass is 10.1. The van der Waals surface area contributed by atoms with Gasteiger partial charge in [-0.2, -0.15) is 0 Å². The van der Waals surface area contributed by atoms with E-state index in [9.17, 15) is 9.59 Å². The van der Waals surface area contributed by atoms with E-state index >= 15 is 0 Å². The van der Waals surface area contributed by atoms with Gasteiger partial charge in [0.1, 0.15) is 10.8 Å². The van der Waals surface area contributed by atoms with Crippen LogP contribution in [0.15, 0.2) is 48.5 Å². The lowest BCUT2D eigenvalue weighted by Gasteiger charge is -2.06. The van der Waals surface area contributed by atoms with Gasteiger partial charge in [0.15, 0.2) is 0 Å². The molecule has 0 bridgehead atoms. The van der Waals surface area contributed by atoms with Crippen LogP contribution in [0.25, 0.3) is 0 Å². The molecule has 0 saturated heterocycles. The summed E-state index contributed by atoms with van der Waals surface area (Å²) in [5.41, 5.74) is 1.74. The maximum Gasteiger partial charge on any atom is 0.286 e. The third-order valence-electron chi connectivity index (χ3n) is 4.51. The molecule has 2 N–H and O–H groups in total. The van der Waals surface area contributed by atoms with Gasteiger partial charge in [-0.1, -0.05) is 41.1 Å². The Hall–Kier alpha value is -2.97. The minimum Gasteiger partial charge on any atom is -0.494 e. The summed E-state index contributed by atoms with van der Waals surface area (Å²) in [5.74, 6) is 0.518. The van der Waals surface area contributed by atoms with Gasteiger partial charge in [0.05, 0.1) is 6.61 Å². The molecule has 0 aliphatic carbocycles. The fourth-order valence-electron chi connectivity index (χ4n) is 2.95. The quantitative estimate of drug-likeness (QED) is 0.428. The van der Waals surface area contributed by atoms with Crippen LogP contribution in [-0.2, 0) is 17.6 Å². The van der Waals surface area contributed by atoms with Crippen LogP contribution in [0.5, 0.6) is 5.75 Å². The van der Waals surface area contributed by atoms with Crippen molar-refractivity contribution in [2.45, 2.75) is 32.6 Å². The lowest BCUT2D eigenvalue weighted by molar-refractivity contribution is -0.121. The molecule has 7 nitrogen and oxygen atoms in total. The Bertz CT molecular complexity index is 1040. The first-order chi connectivity index (χ1) is 15.5. The molecule has 0 atom stereocenters. The van der Waals surface area contributed by atoms with Gasteiger partial charge in [-0.05, 0) is 55.7 Å². The molecular weight excluding hydrogens is 448 g/mol. The van der Waals surface area contributed by atoms with E-state index in [1.165, 1.54) is 11.3 Å². The first kappa shape index (κ1) is 23.7. The van der Waals surface area contributed by atoms with E-state index in [0.29, 0.717) is 43.1 Å². The number of ether oxygens (including phenoxy) is 1. The number of nitrogens with one attached hydrogen (secondary N) is 2. The summed E-state index contributed by atoms with van der Waals surface area (Å²) in [5, 5.41) is 15.2. The smallest absolute Gasteiger partial charge is 0.286 e. The number of aromatic nitrogens is 2. The summed E-state index contributed by atoms with van der Waals surface area (Å²) in [6.45, 7) is 3.18. The van der Waals surface area contributed by atoms with Gasteiger partial charge in [0.25, 0.3) is 5.91 Å². The summed E-state index contributed by atoms with van der Waals surface area (Å²) in [7, 11) is 0. The normalized spacial score (nSPS) is 10.6. The topological polar surface area (TPSA) is 93.2 Å². The molecule has 0 saturated carbocycles. The van der Waals surface area contributed by atoms with Crippen LogP contribution in [-0.4, -0.2) is 35.2 Å². The van der Waals surface area contributed by atoms with Crippen LogP contribution >= 0.6 is 22.9 Å². The first-order valence-corrected chi connectivity index (χ1v) is 11.6. The number of halogens is 1. The van der Waals surface area contributed by atoms with Crippen LogP contribution in [0.1, 0.15) is 40.1 Å². The van der Waals surface area contributed by atoms with Crippen molar-refractivity contribution in [2.75, 3.05) is 18.5 Å². The van der Waals surface area contributed by atoms with Crippen molar-refractivity contribution in [3.8, 4) is 5.75 Å². The van der Waals surface area contributed by atoms with Gasteiger partial charge in [-0.15, -0.1) is 10.2 Å². The largest absolute Gasteiger partial charge is 0.494 e. The zero-order valence-corrected chi connectivity index (χ0v) is 19.3. The third-order valence-corrected chi connectivity index (χ3v) is 5.73. The van der Waals surface area contributed by atoms with Gasteiger partial charge in [-0.25, -0.2) is 0 Å². The van der Waals surface area contributed by atoms with Crippen molar-refractivity contribution in [1.82, 2.24) is 15.5 Å². The van der Waals surface area contributed by atoms with Gasteiger partial charge in [0, 0.05) is 30.1 Å². The Labute approximate surface area is 196 Å². The maximum atomic E-state index is 12.3. The SMILES string of the molecule is CCOc1ccc(CCNC(=O)CCCc2nnc(C(=O)Nc3cccc(Cl)c3)s2)cc1. The number of carbonyl (C=O) groups is 2. The number of benzene rings is 2. The highest BCUT2D eigenvalue weighted by atomic mass is 35.5. The van der Waals surface area contributed by atoms with Crippen molar-refractivity contribution in [3.05, 3.63) is 69.1 Å². The van der Waals surface area contributed by atoms with Crippen LogP contribution in [0.2, 0.25) is 5.02 Å². The zero-order chi connectivity index (χ0) is 22.8. The van der Waals surface area contributed by atoms with E-state index in [1.807, 2.05) is 31.2 Å². The number of rotatable bonds is 11. The van der Waals surface area contributed by atoms with Crippen molar-refractivity contribution >= 4 is 40.4 Å². The highest BCUT2D eigenvalue weighted by molar-refractivity contribution is 7.13. The number of hydrogen-bond donors (Lipinski definition) is 2. The van der Waals surface area contributed by atoms with Gasteiger partial charge >= 0.3 is 0 Å². The van der Waals surface area contributed by atoms with Crippen molar-refractivity contribution in [1.29, 1.82) is 0 Å². The molecule has 0 unspecified atom stereocenters. The van der Waals surface area contributed by atoms with Crippen LogP contribution in [0.4, 0.5) is 5.69 Å². The number of hydrogen-bond acceptors (Lipinski definition) is 6. The summed E-state index contributed by atoms with van der Waals surface area (Å²) in [4.78, 5) is 24.4. The summed E-state index contributed by atoms with van der Waals surface area (Å²) < 4.78 is 5.42. The van der Waals surface area contributed by atoms with Crippen molar-refractivity contribution in [3.63, 3.8) is 0 Å². The molecule has 32 heavy (non-hydrogen) atoms. The molecule has 168 valence electrons. The molecule has 2 aromatic carbocycles. The van der Waals surface area contributed by atoms with E-state index in [1.54, 1.807) is 24.3 Å². The second-order valence-electron chi connectivity index (χ2n) is 7.00. The first-order valence-electron chi connectivity index (χ1n) is 10.4. The lowest BCUT2D eigenvalue weighted by Crippen LogP contribution is -2.25. The number of anilines is 1. The van der Waals surface area contributed by atoms with Crippen LogP contribution in [0, 0.1) is 0 Å². The molecule has 9 heteroatoms. The Morgan fingerprint density at radius 3 is 2.66 bits per heavy atom. The van der Waals surface area contributed by atoms with E-state index in [4.69, 9.17) is 16.3 Å². The molecule has 3 rings (SSSR count). The van der Waals surface area contributed by atoms with E-state index in [2.05, 4.69) is 20.8 Å². The average molecular weight is 473 g/mol. The Morgan fingerprint density at radius 2 is 1.91 bits per heavy atom. The molecular formula is C23H25ClN4O3S. The highest BCUT2D eigenvalue weighted by Gasteiger charge is 2.13. The van der Waals surface area contributed by atoms with Crippen molar-refractivity contribution in [2.24, 2.45) is 0 Å². The van der Waals surface area contributed by atoms with E-state index < -0.39 is 0 Å². The number of aryl methyl sites for hydroxylation is 1. The minimum atomic E-state index is -0.331. The third kappa shape index (κ3) is 7.62. The molecule has 1 aromatic heterocycles. The standard InChI is InChI=1S/C23H25ClN4O3S/c1-2-31-19-11-9-16(10-12-19)13-14-25-20(29)7-4-8-21-27-28-23(32-21)22(30)26-18-6-3-5-17(24)15-18/h3,5-6,9-12,15H,2,4,7-8,13-14H2,1H3,(H,25,29)(H,26,30). The van der Waals surface area contributed by atoms with E-state index in [-0.39, 0.29) is 16.8 Å². The van der Waals surface area contributed by atoms with Gasteiger partial charge < -0.3 is 15.4 Å². The predicted octanol–water partition coefficient (Wildman–Crippen LogP) is 4.52. The maximum absolute atomic E-state index is 12.3. The summed E-state index contributed by atoms with van der Waals surface area (Å²) in [6.07, 6.45) is 2.39. The van der Waals surface area contributed by atoms with Gasteiger partial charge in [0.2, 0.25) is 10.9 Å². The minimum absolute atomic E-state index is 0.000579. The molecule has 0 fully saturated rings. The fourth-order valence-corrected chi connectivity index (χ4v) is 3.92. The van der Waals surface area contributed by atoms with E-state index in [0.717, 1.165) is 22.7 Å². The van der Waals surface area contributed by atoms with Crippen molar-refractivity contribution < 1.29 is 14.3 Å². The molecule has 2 amide bonds. The number of carbonyl (C=O) groups excluding carboxylic acids is 2. The number of amides is 2. The summed E-state index contributed by atoms with van der Waals surface area (Å²) >= 11 is 7.15. The van der Waals surface area contributed by atoms with Crippen LogP contribution in [0.3, 0.4) is 0 Å². The zero-order valence-electron chi connectivity index (χ0n) is 17.8. The Kier molecular flexibility index (Phi) is 9.01. The summed E-state index contributed by atoms with van der Waals surface area (Å²) in [6, 6.07) is 14.8. The fraction of sp³-hybridized carbons (Fsp3) is 0.304. The second kappa shape index (κ2) is 12.2. The highest BCUT2D eigenvalue weighted by Crippen LogP contribution is 2.18. The Morgan fingerprint density at radius 1 is 1.09 bits per heavy atom. The molecule has 0 aliphatic rings. The molecule has 1 heterocycles. The van der Waals surface area contributed by atoms with Crippen LogP contribution < -0.4 is 15.4 Å². The average Bonchev–Trinajstić information content (AvgIpc) is 3.24. The molecule has 0 spiro atoms. The number of nitrogens with zero attached hydrogens (tertiary/aromatic N) is 2. The molecule has 3 aromatic rings. The predicted molar refractivity (Wildman–Crippen MR) is 127 cm³/mol.